The Labute approximate surface area is 327 Å². The molecule has 4 nitrogen and oxygen atoms in total. The molecule has 263 valence electrons. The summed E-state index contributed by atoms with van der Waals surface area (Å²) in [4.78, 5) is 9.08. The summed E-state index contributed by atoms with van der Waals surface area (Å²) in [7, 11) is 0. The van der Waals surface area contributed by atoms with Crippen LogP contribution < -0.4 is 0 Å². The van der Waals surface area contributed by atoms with E-state index in [2.05, 4.69) is 122 Å². The molecule has 0 aliphatic rings. The normalized spacial score (nSPS) is 11.1. The van der Waals surface area contributed by atoms with Crippen LogP contribution in [-0.2, 0) is 20.1 Å². The van der Waals surface area contributed by atoms with Gasteiger partial charge in [-0.3, -0.25) is 0 Å². The van der Waals surface area contributed by atoms with Gasteiger partial charge in [-0.05, 0) is 60.1 Å². The zero-order valence-electron chi connectivity index (χ0n) is 30.0. The number of rotatable bonds is 4. The van der Waals surface area contributed by atoms with E-state index in [1.54, 1.807) is 0 Å². The van der Waals surface area contributed by atoms with Crippen LogP contribution >= 0.6 is 0 Å². The van der Waals surface area contributed by atoms with Gasteiger partial charge >= 0.3 is 0 Å². The molecule has 4 aromatic heterocycles. The van der Waals surface area contributed by atoms with E-state index in [0.717, 1.165) is 88.6 Å². The van der Waals surface area contributed by atoms with E-state index in [4.69, 9.17) is 8.83 Å². The van der Waals surface area contributed by atoms with Crippen molar-refractivity contribution in [2.75, 3.05) is 0 Å². The third kappa shape index (κ3) is 6.32. The van der Waals surface area contributed by atoms with E-state index in [1.807, 2.05) is 73.1 Å². The van der Waals surface area contributed by atoms with Gasteiger partial charge in [0, 0.05) is 65.2 Å². The van der Waals surface area contributed by atoms with Crippen LogP contribution in [0.1, 0.15) is 16.7 Å². The van der Waals surface area contributed by atoms with E-state index >= 15 is 0 Å². The van der Waals surface area contributed by atoms with Crippen LogP contribution in [0.25, 0.3) is 88.6 Å². The second kappa shape index (κ2) is 14.7. The summed E-state index contributed by atoms with van der Waals surface area (Å²) in [5.41, 5.74) is 15.1. The summed E-state index contributed by atoms with van der Waals surface area (Å²) in [6, 6.07) is 53.8. The number of furan rings is 2. The predicted octanol–water partition coefficient (Wildman–Crippen LogP) is 13.2. The Hall–Kier alpha value is -6.13. The molecule has 4 heterocycles. The first-order valence-corrected chi connectivity index (χ1v) is 17.7. The van der Waals surface area contributed by atoms with Crippen LogP contribution in [0.15, 0.2) is 161 Å². The molecule has 6 aromatic carbocycles. The van der Waals surface area contributed by atoms with Crippen molar-refractivity contribution in [3.8, 4) is 44.8 Å². The fourth-order valence-electron chi connectivity index (χ4n) is 7.04. The van der Waals surface area contributed by atoms with Gasteiger partial charge in [0.15, 0.2) is 0 Å². The molecule has 0 amide bonds. The Morgan fingerprint density at radius 1 is 0.519 bits per heavy atom. The summed E-state index contributed by atoms with van der Waals surface area (Å²) < 4.78 is 13.4. The largest absolute Gasteiger partial charge is 0.455 e. The number of benzene rings is 6. The van der Waals surface area contributed by atoms with Gasteiger partial charge < -0.3 is 18.8 Å². The van der Waals surface area contributed by atoms with E-state index in [1.165, 1.54) is 16.7 Å². The van der Waals surface area contributed by atoms with Crippen molar-refractivity contribution in [2.24, 2.45) is 0 Å². The van der Waals surface area contributed by atoms with Crippen molar-refractivity contribution in [2.45, 2.75) is 20.8 Å². The van der Waals surface area contributed by atoms with Gasteiger partial charge in [-0.15, -0.1) is 71.3 Å². The molecule has 10 rings (SSSR count). The molecule has 10 aromatic rings. The summed E-state index contributed by atoms with van der Waals surface area (Å²) in [5.74, 6) is 0. The van der Waals surface area contributed by atoms with E-state index in [0.29, 0.717) is 0 Å². The standard InChI is InChI=1S/C35H20NO2.C14H14N.Ir/c1-3-11-22(12-4-1)27-21-24(19-20-36-27)31-30(23-13-5-2-6-14-23)34-32(25-15-7-9-17-28(25)37-34)33-26-16-8-10-18-29(26)38-35(31)33;1-10-4-6-13(7-5-10)14-8-11(2)12(3)9-15-14;/h1-11,13-21H;4-6,8-9H,1-3H3;/q2*-1;. The number of pyridine rings is 2. The molecule has 5 heteroatoms. The first-order chi connectivity index (χ1) is 26.0. The minimum atomic E-state index is 0. The van der Waals surface area contributed by atoms with Gasteiger partial charge in [0.1, 0.15) is 22.3 Å². The Balaban J connectivity index is 0.000000218. The maximum absolute atomic E-state index is 6.70. The second-order valence-corrected chi connectivity index (χ2v) is 13.4. The van der Waals surface area contributed by atoms with Crippen LogP contribution in [0.2, 0.25) is 0 Å². The Kier molecular flexibility index (Phi) is 9.52. The second-order valence-electron chi connectivity index (χ2n) is 13.4. The summed E-state index contributed by atoms with van der Waals surface area (Å²) >= 11 is 0. The first kappa shape index (κ1) is 34.9. The van der Waals surface area contributed by atoms with Crippen molar-refractivity contribution >= 4 is 43.9 Å². The van der Waals surface area contributed by atoms with Crippen molar-refractivity contribution in [1.29, 1.82) is 0 Å². The number of hydrogen-bond donors (Lipinski definition) is 0. The van der Waals surface area contributed by atoms with Gasteiger partial charge in [0.05, 0.1) is 0 Å². The SMILES string of the molecule is Cc1c[c-]c(-c2cc(C)c(C)cn2)cc1.[Ir].[c-]1ccccc1-c1cc(-c2c(-c3ccccc3)c3oc4ccccc4c3c3c2oc2ccccc23)ccn1. The summed E-state index contributed by atoms with van der Waals surface area (Å²) in [6.45, 7) is 6.24. The third-order valence-corrected chi connectivity index (χ3v) is 9.86. The third-order valence-electron chi connectivity index (χ3n) is 9.86. The van der Waals surface area contributed by atoms with Crippen molar-refractivity contribution in [3.63, 3.8) is 0 Å². The average molecular weight is 875 g/mol. The number of fused-ring (bicyclic) bond motifs is 7. The number of para-hydroxylation sites is 2. The predicted molar refractivity (Wildman–Crippen MR) is 217 cm³/mol. The van der Waals surface area contributed by atoms with Crippen molar-refractivity contribution < 1.29 is 28.9 Å². The molecule has 0 aliphatic heterocycles. The molecule has 0 bridgehead atoms. The fraction of sp³-hybridized carbons (Fsp3) is 0.0612. The topological polar surface area (TPSA) is 52.1 Å². The summed E-state index contributed by atoms with van der Waals surface area (Å²) in [5, 5.41) is 4.30. The smallest absolute Gasteiger partial charge is 0.144 e. The molecule has 0 aliphatic carbocycles. The van der Waals surface area contributed by atoms with Gasteiger partial charge in [-0.2, -0.15) is 0 Å². The van der Waals surface area contributed by atoms with Gasteiger partial charge in [0.25, 0.3) is 0 Å². The number of hydrogen-bond acceptors (Lipinski definition) is 4. The van der Waals surface area contributed by atoms with E-state index in [-0.39, 0.29) is 20.1 Å². The number of aryl methyl sites for hydroxylation is 3. The molecule has 0 saturated carbocycles. The van der Waals surface area contributed by atoms with Crippen molar-refractivity contribution in [3.05, 3.63) is 181 Å². The Morgan fingerprint density at radius 3 is 1.76 bits per heavy atom. The Morgan fingerprint density at radius 2 is 1.13 bits per heavy atom. The molecule has 0 atom stereocenters. The average Bonchev–Trinajstić information content (AvgIpc) is 3.78. The zero-order chi connectivity index (χ0) is 35.9. The summed E-state index contributed by atoms with van der Waals surface area (Å²) in [6.07, 6.45) is 3.77. The molecule has 0 N–H and O–H groups in total. The van der Waals surface area contributed by atoms with Gasteiger partial charge in [-0.25, -0.2) is 0 Å². The van der Waals surface area contributed by atoms with Gasteiger partial charge in [-0.1, -0.05) is 91.3 Å². The van der Waals surface area contributed by atoms with E-state index in [9.17, 15) is 0 Å². The van der Waals surface area contributed by atoms with Gasteiger partial charge in [0.2, 0.25) is 0 Å². The fourth-order valence-corrected chi connectivity index (χ4v) is 7.04. The maximum Gasteiger partial charge on any atom is 0.144 e. The molecule has 0 spiro atoms. The minimum Gasteiger partial charge on any atom is -0.455 e. The van der Waals surface area contributed by atoms with Crippen LogP contribution in [0.3, 0.4) is 0 Å². The van der Waals surface area contributed by atoms with Crippen LogP contribution in [0.5, 0.6) is 0 Å². The number of aromatic nitrogens is 2. The molecule has 54 heavy (non-hydrogen) atoms. The molecule has 1 radical (unpaired) electrons. The molecule has 0 saturated heterocycles. The molecular weight excluding hydrogens is 841 g/mol. The van der Waals surface area contributed by atoms with Crippen LogP contribution in [0, 0.1) is 32.9 Å². The molecule has 0 fully saturated rings. The molecule has 0 unspecified atom stereocenters. The monoisotopic (exact) mass is 875 g/mol. The zero-order valence-corrected chi connectivity index (χ0v) is 32.4. The number of nitrogens with zero attached hydrogens (tertiary/aromatic N) is 2. The van der Waals surface area contributed by atoms with Crippen LogP contribution in [0.4, 0.5) is 0 Å². The van der Waals surface area contributed by atoms with Crippen molar-refractivity contribution in [1.82, 2.24) is 9.97 Å². The maximum atomic E-state index is 6.70. The van der Waals surface area contributed by atoms with E-state index < -0.39 is 0 Å². The quantitative estimate of drug-likeness (QED) is 0.165. The first-order valence-electron chi connectivity index (χ1n) is 17.7. The van der Waals surface area contributed by atoms with Crippen LogP contribution in [-0.4, -0.2) is 9.97 Å². The Bertz CT molecular complexity index is 2910. The minimum absolute atomic E-state index is 0. The molecular formula is C49H34IrN2O2-2.